The Morgan fingerprint density at radius 2 is 2.33 bits per heavy atom. The first-order chi connectivity index (χ1) is 8.68. The minimum Gasteiger partial charge on any atom is -0.481 e. The number of carbonyl (C=O) groups is 1. The van der Waals surface area contributed by atoms with E-state index in [0.29, 0.717) is 11.8 Å². The molecule has 4 nitrogen and oxygen atoms in total. The molecule has 0 bridgehead atoms. The first kappa shape index (κ1) is 12.0. The highest BCUT2D eigenvalue weighted by molar-refractivity contribution is 7.13. The number of aliphatic carboxylic acids is 1. The van der Waals surface area contributed by atoms with Crippen molar-refractivity contribution in [3.63, 3.8) is 0 Å². The van der Waals surface area contributed by atoms with Crippen LogP contribution in [0.3, 0.4) is 0 Å². The van der Waals surface area contributed by atoms with Crippen LogP contribution in [-0.4, -0.2) is 22.6 Å². The number of carboxylic acids is 1. The topological polar surface area (TPSA) is 62.2 Å². The minimum absolute atomic E-state index is 0.162. The molecule has 5 heteroatoms. The molecule has 0 aliphatic heterocycles. The highest BCUT2D eigenvalue weighted by Gasteiger charge is 2.53. The standard InChI is InChI=1S/C13H18N2O2S/c16-11(17)4-3-10-7-18-12(15-10)14-8-13(5-6-13)9-1-2-9/h7,9H,1-6,8H2,(H,14,15)(H,16,17). The molecular weight excluding hydrogens is 248 g/mol. The summed E-state index contributed by atoms with van der Waals surface area (Å²) in [4.78, 5) is 14.9. The molecule has 2 saturated carbocycles. The Labute approximate surface area is 110 Å². The second-order valence-corrected chi connectivity index (χ2v) is 6.39. The van der Waals surface area contributed by atoms with Crippen molar-refractivity contribution in [3.8, 4) is 0 Å². The number of hydrogen-bond donors (Lipinski definition) is 2. The van der Waals surface area contributed by atoms with Crippen LogP contribution >= 0.6 is 11.3 Å². The van der Waals surface area contributed by atoms with Crippen molar-refractivity contribution in [1.29, 1.82) is 0 Å². The van der Waals surface area contributed by atoms with Crippen molar-refractivity contribution in [2.45, 2.75) is 38.5 Å². The molecule has 0 radical (unpaired) electrons. The van der Waals surface area contributed by atoms with E-state index in [2.05, 4.69) is 10.3 Å². The monoisotopic (exact) mass is 266 g/mol. The first-order valence-electron chi connectivity index (χ1n) is 6.58. The third-order valence-corrected chi connectivity index (χ3v) is 4.92. The van der Waals surface area contributed by atoms with Gasteiger partial charge < -0.3 is 10.4 Å². The van der Waals surface area contributed by atoms with Crippen LogP contribution in [-0.2, 0) is 11.2 Å². The minimum atomic E-state index is -0.761. The summed E-state index contributed by atoms with van der Waals surface area (Å²) in [6.45, 7) is 1.05. The smallest absolute Gasteiger partial charge is 0.303 e. The van der Waals surface area contributed by atoms with Crippen LogP contribution in [0.1, 0.15) is 37.8 Å². The number of aromatic nitrogens is 1. The normalized spacial score (nSPS) is 20.7. The van der Waals surface area contributed by atoms with Gasteiger partial charge in [-0.2, -0.15) is 0 Å². The van der Waals surface area contributed by atoms with Crippen molar-refractivity contribution in [2.75, 3.05) is 11.9 Å². The van der Waals surface area contributed by atoms with Crippen molar-refractivity contribution >= 4 is 22.4 Å². The maximum Gasteiger partial charge on any atom is 0.303 e. The van der Waals surface area contributed by atoms with E-state index >= 15 is 0 Å². The first-order valence-corrected chi connectivity index (χ1v) is 7.46. The Balaban J connectivity index is 1.49. The Morgan fingerprint density at radius 3 is 2.94 bits per heavy atom. The summed E-state index contributed by atoms with van der Waals surface area (Å²) in [5.41, 5.74) is 1.47. The molecule has 0 amide bonds. The average Bonchev–Trinajstić information content (AvgIpc) is 3.22. The molecule has 98 valence electrons. The summed E-state index contributed by atoms with van der Waals surface area (Å²) in [6.07, 6.45) is 6.23. The molecule has 1 aromatic heterocycles. The number of anilines is 1. The van der Waals surface area contributed by atoms with Gasteiger partial charge in [0.2, 0.25) is 0 Å². The number of rotatable bonds is 7. The lowest BCUT2D eigenvalue weighted by Crippen LogP contribution is -2.17. The Bertz CT molecular complexity index is 450. The lowest BCUT2D eigenvalue weighted by molar-refractivity contribution is -0.136. The maximum absolute atomic E-state index is 10.5. The van der Waals surface area contributed by atoms with Gasteiger partial charge in [0.15, 0.2) is 5.13 Å². The van der Waals surface area contributed by atoms with Crippen LogP contribution in [0, 0.1) is 11.3 Å². The fourth-order valence-corrected chi connectivity index (χ4v) is 3.32. The molecule has 0 spiro atoms. The fraction of sp³-hybridized carbons (Fsp3) is 0.692. The number of nitrogens with one attached hydrogen (secondary N) is 1. The van der Waals surface area contributed by atoms with Crippen LogP contribution in [0.4, 0.5) is 5.13 Å². The molecule has 0 aromatic carbocycles. The third-order valence-electron chi connectivity index (χ3n) is 4.07. The maximum atomic E-state index is 10.5. The van der Waals surface area contributed by atoms with Gasteiger partial charge >= 0.3 is 5.97 Å². The van der Waals surface area contributed by atoms with Crippen molar-refractivity contribution in [1.82, 2.24) is 4.98 Å². The van der Waals surface area contributed by atoms with Crippen molar-refractivity contribution < 1.29 is 9.90 Å². The number of aryl methyl sites for hydroxylation is 1. The van der Waals surface area contributed by atoms with E-state index < -0.39 is 5.97 Å². The zero-order valence-corrected chi connectivity index (χ0v) is 11.1. The highest BCUT2D eigenvalue weighted by Crippen LogP contribution is 2.61. The molecule has 1 aromatic rings. The van der Waals surface area contributed by atoms with Crippen molar-refractivity contribution in [3.05, 3.63) is 11.1 Å². The molecule has 3 rings (SSSR count). The zero-order chi connectivity index (χ0) is 12.6. The van der Waals surface area contributed by atoms with E-state index in [4.69, 9.17) is 5.11 Å². The van der Waals surface area contributed by atoms with Crippen LogP contribution in [0.15, 0.2) is 5.38 Å². The van der Waals surface area contributed by atoms with Crippen LogP contribution < -0.4 is 5.32 Å². The molecule has 18 heavy (non-hydrogen) atoms. The summed E-state index contributed by atoms with van der Waals surface area (Å²) in [7, 11) is 0. The predicted octanol–water partition coefficient (Wildman–Crippen LogP) is 2.76. The van der Waals surface area contributed by atoms with Crippen molar-refractivity contribution in [2.24, 2.45) is 11.3 Å². The Kier molecular flexibility index (Phi) is 3.01. The number of carboxylic acid groups (broad SMARTS) is 1. The summed E-state index contributed by atoms with van der Waals surface area (Å²) in [6, 6.07) is 0. The number of hydrogen-bond acceptors (Lipinski definition) is 4. The van der Waals surface area contributed by atoms with Gasteiger partial charge in [0, 0.05) is 18.3 Å². The predicted molar refractivity (Wildman–Crippen MR) is 71.0 cm³/mol. The Morgan fingerprint density at radius 1 is 1.56 bits per heavy atom. The second kappa shape index (κ2) is 4.53. The van der Waals surface area contributed by atoms with E-state index in [0.717, 1.165) is 23.3 Å². The second-order valence-electron chi connectivity index (χ2n) is 5.53. The van der Waals surface area contributed by atoms with Gasteiger partial charge in [0.25, 0.3) is 0 Å². The van der Waals surface area contributed by atoms with Gasteiger partial charge in [-0.25, -0.2) is 4.98 Å². The van der Waals surface area contributed by atoms with Gasteiger partial charge in [-0.1, -0.05) is 0 Å². The summed E-state index contributed by atoms with van der Waals surface area (Å²) >= 11 is 1.59. The van der Waals surface area contributed by atoms with E-state index in [1.165, 1.54) is 25.7 Å². The van der Waals surface area contributed by atoms with E-state index in [9.17, 15) is 4.79 Å². The molecule has 2 aliphatic carbocycles. The van der Waals surface area contributed by atoms with Gasteiger partial charge in [-0.05, 0) is 37.0 Å². The molecule has 0 unspecified atom stereocenters. The lowest BCUT2D eigenvalue weighted by Gasteiger charge is -2.13. The van der Waals surface area contributed by atoms with Gasteiger partial charge in [0.05, 0.1) is 12.1 Å². The number of thiazole rings is 1. The number of nitrogens with zero attached hydrogens (tertiary/aromatic N) is 1. The Hall–Kier alpha value is -1.10. The van der Waals surface area contributed by atoms with Gasteiger partial charge in [0.1, 0.15) is 0 Å². The van der Waals surface area contributed by atoms with Crippen LogP contribution in [0.2, 0.25) is 0 Å². The van der Waals surface area contributed by atoms with Gasteiger partial charge in [-0.15, -0.1) is 11.3 Å². The third kappa shape index (κ3) is 2.66. The van der Waals surface area contributed by atoms with E-state index in [-0.39, 0.29) is 6.42 Å². The van der Waals surface area contributed by atoms with Crippen LogP contribution in [0.25, 0.3) is 0 Å². The largest absolute Gasteiger partial charge is 0.481 e. The fourth-order valence-electron chi connectivity index (χ4n) is 2.58. The molecule has 2 fully saturated rings. The summed E-state index contributed by atoms with van der Waals surface area (Å²) in [5, 5.41) is 15.0. The SMILES string of the molecule is O=C(O)CCc1csc(NCC2(C3CC3)CC2)n1. The highest BCUT2D eigenvalue weighted by atomic mass is 32.1. The van der Waals surface area contributed by atoms with E-state index in [1.54, 1.807) is 11.3 Å². The summed E-state index contributed by atoms with van der Waals surface area (Å²) in [5.74, 6) is 0.194. The van der Waals surface area contributed by atoms with Gasteiger partial charge in [-0.3, -0.25) is 4.79 Å². The van der Waals surface area contributed by atoms with E-state index in [1.807, 2.05) is 5.38 Å². The molecule has 2 N–H and O–H groups in total. The lowest BCUT2D eigenvalue weighted by atomic mass is 10.0. The zero-order valence-electron chi connectivity index (χ0n) is 10.3. The molecule has 0 atom stereocenters. The molecular formula is C13H18N2O2S. The quantitative estimate of drug-likeness (QED) is 0.796. The molecule has 0 saturated heterocycles. The molecule has 1 heterocycles. The molecule has 2 aliphatic rings. The average molecular weight is 266 g/mol. The summed E-state index contributed by atoms with van der Waals surface area (Å²) < 4.78 is 0. The van der Waals surface area contributed by atoms with Crippen LogP contribution in [0.5, 0.6) is 0 Å².